The normalized spacial score (nSPS) is 10.8. The molecule has 2 heterocycles. The van der Waals surface area contributed by atoms with E-state index in [1.807, 2.05) is 6.92 Å². The molecule has 0 spiro atoms. The monoisotopic (exact) mass is 292 g/mol. The molecule has 2 aromatic heterocycles. The smallest absolute Gasteiger partial charge is 0.221 e. The maximum Gasteiger partial charge on any atom is 0.221 e. The van der Waals surface area contributed by atoms with E-state index in [2.05, 4.69) is 34.4 Å². The van der Waals surface area contributed by atoms with Gasteiger partial charge in [-0.3, -0.25) is 4.79 Å². The van der Waals surface area contributed by atoms with Crippen molar-refractivity contribution in [3.05, 3.63) is 16.8 Å². The van der Waals surface area contributed by atoms with Crippen molar-refractivity contribution < 1.29 is 4.79 Å². The molecule has 0 aromatic carbocycles. The highest BCUT2D eigenvalue weighted by Crippen LogP contribution is 2.32. The summed E-state index contributed by atoms with van der Waals surface area (Å²) in [7, 11) is 0. The number of hydrogen-bond donors (Lipinski definition) is 2. The summed E-state index contributed by atoms with van der Waals surface area (Å²) < 4.78 is 0. The van der Waals surface area contributed by atoms with Gasteiger partial charge in [-0.15, -0.1) is 11.3 Å². The van der Waals surface area contributed by atoms with E-state index in [9.17, 15) is 4.79 Å². The molecule has 0 radical (unpaired) electrons. The van der Waals surface area contributed by atoms with Crippen LogP contribution in [0.25, 0.3) is 10.2 Å². The number of anilines is 1. The molecule has 2 aromatic rings. The van der Waals surface area contributed by atoms with E-state index in [1.54, 1.807) is 17.7 Å². The Balaban J connectivity index is 2.01. The van der Waals surface area contributed by atoms with Crippen molar-refractivity contribution in [3.63, 3.8) is 0 Å². The Kier molecular flexibility index (Phi) is 4.89. The quantitative estimate of drug-likeness (QED) is 0.859. The SMILES string of the molecule is CCCNC(=O)CCNc1ncnc2sc(C)c(C)c12. The fourth-order valence-electron chi connectivity index (χ4n) is 1.96. The van der Waals surface area contributed by atoms with Gasteiger partial charge in [0.1, 0.15) is 17.0 Å². The molecule has 0 saturated heterocycles. The van der Waals surface area contributed by atoms with Crippen molar-refractivity contribution in [1.82, 2.24) is 15.3 Å². The van der Waals surface area contributed by atoms with E-state index in [-0.39, 0.29) is 5.91 Å². The second-order valence-electron chi connectivity index (χ2n) is 4.71. The largest absolute Gasteiger partial charge is 0.369 e. The number of nitrogens with zero attached hydrogens (tertiary/aromatic N) is 2. The molecule has 6 heteroatoms. The molecular weight excluding hydrogens is 272 g/mol. The van der Waals surface area contributed by atoms with Crippen molar-refractivity contribution in [2.24, 2.45) is 0 Å². The zero-order valence-corrected chi connectivity index (χ0v) is 12.9. The van der Waals surface area contributed by atoms with Gasteiger partial charge in [0, 0.05) is 24.4 Å². The van der Waals surface area contributed by atoms with Crippen molar-refractivity contribution in [2.45, 2.75) is 33.6 Å². The molecule has 20 heavy (non-hydrogen) atoms. The Morgan fingerprint density at radius 3 is 2.85 bits per heavy atom. The standard InChI is InChI=1S/C14H20N4OS/c1-4-6-15-11(19)5-7-16-13-12-9(2)10(3)20-14(12)18-8-17-13/h8H,4-7H2,1-3H3,(H,15,19)(H,16,17,18). The van der Waals surface area contributed by atoms with Gasteiger partial charge in [0.15, 0.2) is 0 Å². The summed E-state index contributed by atoms with van der Waals surface area (Å²) in [6.45, 7) is 7.52. The van der Waals surface area contributed by atoms with Gasteiger partial charge in [-0.1, -0.05) is 6.92 Å². The third-order valence-electron chi connectivity index (χ3n) is 3.18. The molecule has 2 rings (SSSR count). The Morgan fingerprint density at radius 1 is 1.30 bits per heavy atom. The molecule has 108 valence electrons. The van der Waals surface area contributed by atoms with Crippen LogP contribution in [0.4, 0.5) is 5.82 Å². The average molecular weight is 292 g/mol. The molecule has 0 atom stereocenters. The van der Waals surface area contributed by atoms with E-state index in [0.29, 0.717) is 13.0 Å². The van der Waals surface area contributed by atoms with Crippen LogP contribution in [0.3, 0.4) is 0 Å². The van der Waals surface area contributed by atoms with Gasteiger partial charge in [0.25, 0.3) is 0 Å². The summed E-state index contributed by atoms with van der Waals surface area (Å²) in [5.41, 5.74) is 1.21. The number of fused-ring (bicyclic) bond motifs is 1. The van der Waals surface area contributed by atoms with Crippen LogP contribution in [-0.4, -0.2) is 29.0 Å². The van der Waals surface area contributed by atoms with Gasteiger partial charge in [-0.05, 0) is 25.8 Å². The number of carbonyl (C=O) groups excluding carboxylic acids is 1. The molecule has 1 amide bonds. The molecular formula is C14H20N4OS. The fourth-order valence-corrected chi connectivity index (χ4v) is 2.96. The van der Waals surface area contributed by atoms with E-state index in [4.69, 9.17) is 0 Å². The summed E-state index contributed by atoms with van der Waals surface area (Å²) >= 11 is 1.67. The number of aryl methyl sites for hydroxylation is 2. The number of carbonyl (C=O) groups is 1. The second-order valence-corrected chi connectivity index (χ2v) is 5.92. The number of rotatable bonds is 6. The minimum atomic E-state index is 0.0721. The molecule has 0 aliphatic carbocycles. The Hall–Kier alpha value is -1.69. The first-order valence-electron chi connectivity index (χ1n) is 6.84. The van der Waals surface area contributed by atoms with Crippen molar-refractivity contribution in [1.29, 1.82) is 0 Å². The van der Waals surface area contributed by atoms with Crippen LogP contribution in [0.2, 0.25) is 0 Å². The maximum atomic E-state index is 11.5. The summed E-state index contributed by atoms with van der Waals surface area (Å²) in [6.07, 6.45) is 2.98. The highest BCUT2D eigenvalue weighted by atomic mass is 32.1. The fraction of sp³-hybridized carbons (Fsp3) is 0.500. The van der Waals surface area contributed by atoms with Crippen molar-refractivity contribution >= 4 is 33.3 Å². The van der Waals surface area contributed by atoms with Gasteiger partial charge in [-0.25, -0.2) is 9.97 Å². The minimum Gasteiger partial charge on any atom is -0.369 e. The van der Waals surface area contributed by atoms with Crippen molar-refractivity contribution in [3.8, 4) is 0 Å². The van der Waals surface area contributed by atoms with Gasteiger partial charge in [0.05, 0.1) is 5.39 Å². The summed E-state index contributed by atoms with van der Waals surface area (Å²) in [4.78, 5) is 22.4. The molecule has 0 aliphatic heterocycles. The Bertz CT molecular complexity index is 608. The zero-order valence-electron chi connectivity index (χ0n) is 12.1. The van der Waals surface area contributed by atoms with Crippen LogP contribution in [0.15, 0.2) is 6.33 Å². The lowest BCUT2D eigenvalue weighted by Crippen LogP contribution is -2.26. The zero-order chi connectivity index (χ0) is 14.5. The molecule has 5 nitrogen and oxygen atoms in total. The molecule has 0 aliphatic rings. The molecule has 2 N–H and O–H groups in total. The number of amides is 1. The lowest BCUT2D eigenvalue weighted by Gasteiger charge is -2.07. The first kappa shape index (κ1) is 14.7. The number of hydrogen-bond acceptors (Lipinski definition) is 5. The first-order chi connectivity index (χ1) is 9.63. The van der Waals surface area contributed by atoms with E-state index in [1.165, 1.54) is 10.4 Å². The van der Waals surface area contributed by atoms with Crippen LogP contribution >= 0.6 is 11.3 Å². The number of thiophene rings is 1. The number of aromatic nitrogens is 2. The topological polar surface area (TPSA) is 66.9 Å². The van der Waals surface area contributed by atoms with Gasteiger partial charge in [-0.2, -0.15) is 0 Å². The lowest BCUT2D eigenvalue weighted by atomic mass is 10.2. The van der Waals surface area contributed by atoms with Crippen LogP contribution in [0.5, 0.6) is 0 Å². The summed E-state index contributed by atoms with van der Waals surface area (Å²) in [6, 6.07) is 0. The van der Waals surface area contributed by atoms with Crippen LogP contribution in [-0.2, 0) is 4.79 Å². The summed E-state index contributed by atoms with van der Waals surface area (Å²) in [5.74, 6) is 0.892. The maximum absolute atomic E-state index is 11.5. The third-order valence-corrected chi connectivity index (χ3v) is 4.30. The predicted octanol–water partition coefficient (Wildman–Crippen LogP) is 2.64. The first-order valence-corrected chi connectivity index (χ1v) is 7.66. The van der Waals surface area contributed by atoms with Gasteiger partial charge >= 0.3 is 0 Å². The van der Waals surface area contributed by atoms with Gasteiger partial charge < -0.3 is 10.6 Å². The molecule has 0 bridgehead atoms. The Morgan fingerprint density at radius 2 is 2.10 bits per heavy atom. The summed E-state index contributed by atoms with van der Waals surface area (Å²) in [5, 5.41) is 7.18. The minimum absolute atomic E-state index is 0.0721. The van der Waals surface area contributed by atoms with Crippen LogP contribution < -0.4 is 10.6 Å². The van der Waals surface area contributed by atoms with Crippen LogP contribution in [0, 0.1) is 13.8 Å². The average Bonchev–Trinajstić information content (AvgIpc) is 2.73. The molecule has 0 unspecified atom stereocenters. The number of nitrogens with one attached hydrogen (secondary N) is 2. The highest BCUT2D eigenvalue weighted by molar-refractivity contribution is 7.18. The molecule has 0 fully saturated rings. The van der Waals surface area contributed by atoms with E-state index in [0.717, 1.165) is 29.0 Å². The predicted molar refractivity (Wildman–Crippen MR) is 83.3 cm³/mol. The third kappa shape index (κ3) is 3.25. The van der Waals surface area contributed by atoms with Crippen molar-refractivity contribution in [2.75, 3.05) is 18.4 Å². The molecule has 0 saturated carbocycles. The second kappa shape index (κ2) is 6.65. The van der Waals surface area contributed by atoms with E-state index >= 15 is 0 Å². The van der Waals surface area contributed by atoms with Crippen LogP contribution in [0.1, 0.15) is 30.2 Å². The van der Waals surface area contributed by atoms with E-state index < -0.39 is 0 Å². The highest BCUT2D eigenvalue weighted by Gasteiger charge is 2.11. The van der Waals surface area contributed by atoms with Gasteiger partial charge in [0.2, 0.25) is 5.91 Å². The lowest BCUT2D eigenvalue weighted by molar-refractivity contribution is -0.120. The Labute approximate surface area is 122 Å².